The van der Waals surface area contributed by atoms with Crippen molar-refractivity contribution in [2.24, 2.45) is 0 Å². The van der Waals surface area contributed by atoms with Crippen LogP contribution in [-0.2, 0) is 16.1 Å². The lowest BCUT2D eigenvalue weighted by atomic mass is 10.0. The number of hydrogen-bond acceptors (Lipinski definition) is 5. The second-order valence-electron chi connectivity index (χ2n) is 5.60. The summed E-state index contributed by atoms with van der Waals surface area (Å²) in [6.45, 7) is 2.52. The summed E-state index contributed by atoms with van der Waals surface area (Å²) in [5, 5.41) is 10.4. The maximum absolute atomic E-state index is 11.3. The molecule has 2 heterocycles. The number of aromatic hydroxyl groups is 1. The highest BCUT2D eigenvalue weighted by Gasteiger charge is 2.22. The van der Waals surface area contributed by atoms with Crippen molar-refractivity contribution < 1.29 is 19.5 Å². The molecule has 1 aromatic rings. The molecule has 1 saturated heterocycles. The number of nitrogens with one attached hydrogen (secondary N) is 1. The van der Waals surface area contributed by atoms with Crippen molar-refractivity contribution in [3.05, 3.63) is 29.3 Å². The number of rotatable bonds is 3. The Labute approximate surface area is 129 Å². The van der Waals surface area contributed by atoms with Crippen LogP contribution in [0.2, 0.25) is 0 Å². The third-order valence-electron chi connectivity index (χ3n) is 4.18. The maximum Gasteiger partial charge on any atom is 0.276 e. The summed E-state index contributed by atoms with van der Waals surface area (Å²) in [4.78, 5) is 18.8. The molecule has 0 atom stereocenters. The van der Waals surface area contributed by atoms with Crippen LogP contribution in [0.3, 0.4) is 0 Å². The number of piperidine rings is 1. The van der Waals surface area contributed by atoms with Gasteiger partial charge in [-0.3, -0.25) is 9.69 Å². The number of nitrogens with zero attached hydrogens (tertiary/aromatic N) is 1. The van der Waals surface area contributed by atoms with Crippen LogP contribution in [-0.4, -0.2) is 42.2 Å². The van der Waals surface area contributed by atoms with Gasteiger partial charge in [-0.1, -0.05) is 12.1 Å². The van der Waals surface area contributed by atoms with Crippen molar-refractivity contribution in [2.45, 2.75) is 25.5 Å². The molecule has 1 fully saturated rings. The third kappa shape index (κ3) is 3.08. The van der Waals surface area contributed by atoms with Crippen LogP contribution in [0.1, 0.15) is 24.0 Å². The molecule has 0 unspecified atom stereocenters. The van der Waals surface area contributed by atoms with E-state index in [-0.39, 0.29) is 11.7 Å². The average Bonchev–Trinajstić information content (AvgIpc) is 2.73. The lowest BCUT2D eigenvalue weighted by molar-refractivity contribution is -0.122. The van der Waals surface area contributed by atoms with Gasteiger partial charge < -0.3 is 14.7 Å². The van der Waals surface area contributed by atoms with Gasteiger partial charge in [0.2, 0.25) is 5.75 Å². The first-order chi connectivity index (χ1) is 10.7. The molecule has 1 amide bonds. The molecule has 118 valence electrons. The normalized spacial score (nSPS) is 19.2. The molecule has 1 aromatic carbocycles. The van der Waals surface area contributed by atoms with E-state index in [2.05, 4.69) is 10.4 Å². The number of phenols is 1. The molecule has 0 spiro atoms. The summed E-state index contributed by atoms with van der Waals surface area (Å²) in [5.41, 5.74) is 3.74. The first kappa shape index (κ1) is 14.9. The van der Waals surface area contributed by atoms with Crippen molar-refractivity contribution in [1.82, 2.24) is 10.4 Å². The third-order valence-corrected chi connectivity index (χ3v) is 4.18. The lowest BCUT2D eigenvalue weighted by Gasteiger charge is -2.31. The summed E-state index contributed by atoms with van der Waals surface area (Å²) in [6.07, 6.45) is 5.33. The van der Waals surface area contributed by atoms with Crippen molar-refractivity contribution in [2.75, 3.05) is 20.2 Å². The van der Waals surface area contributed by atoms with Gasteiger partial charge in [0.25, 0.3) is 5.91 Å². The molecule has 0 aromatic heterocycles. The van der Waals surface area contributed by atoms with Crippen molar-refractivity contribution in [3.63, 3.8) is 0 Å². The van der Waals surface area contributed by atoms with Crippen molar-refractivity contribution >= 4 is 12.0 Å². The van der Waals surface area contributed by atoms with Gasteiger partial charge in [0, 0.05) is 43.9 Å². The van der Waals surface area contributed by atoms with E-state index in [0.29, 0.717) is 24.0 Å². The summed E-state index contributed by atoms with van der Waals surface area (Å²) in [6, 6.07) is 3.73. The smallest absolute Gasteiger partial charge is 0.276 e. The second-order valence-corrected chi connectivity index (χ2v) is 5.60. The zero-order chi connectivity index (χ0) is 15.5. The molecular weight excluding hydrogens is 284 g/mol. The Kier molecular flexibility index (Phi) is 4.31. The minimum Gasteiger partial charge on any atom is -0.504 e. The van der Waals surface area contributed by atoms with E-state index in [4.69, 9.17) is 9.57 Å². The molecule has 6 heteroatoms. The van der Waals surface area contributed by atoms with E-state index in [0.717, 1.165) is 31.5 Å². The molecule has 0 saturated carbocycles. The van der Waals surface area contributed by atoms with Crippen LogP contribution in [0.5, 0.6) is 11.5 Å². The Balaban J connectivity index is 1.74. The zero-order valence-electron chi connectivity index (χ0n) is 12.5. The number of ether oxygens (including phenoxy) is 1. The molecule has 0 radical (unpaired) electrons. The highest BCUT2D eigenvalue weighted by molar-refractivity contribution is 5.92. The fourth-order valence-electron chi connectivity index (χ4n) is 2.84. The number of hydrogen-bond donors (Lipinski definition) is 2. The monoisotopic (exact) mass is 304 g/mol. The quantitative estimate of drug-likeness (QED) is 0.884. The van der Waals surface area contributed by atoms with Gasteiger partial charge in [-0.2, -0.15) is 5.48 Å². The number of likely N-dealkylation sites (tertiary alicyclic amines) is 1. The first-order valence-corrected chi connectivity index (χ1v) is 7.42. The average molecular weight is 304 g/mol. The first-order valence-electron chi connectivity index (χ1n) is 7.42. The van der Waals surface area contributed by atoms with Crippen LogP contribution < -0.4 is 10.3 Å². The summed E-state index contributed by atoms with van der Waals surface area (Å²) in [5.74, 6) is 0.0309. The number of amides is 1. The van der Waals surface area contributed by atoms with Gasteiger partial charge in [-0.25, -0.2) is 0 Å². The number of methoxy groups -OCH3 is 1. The van der Waals surface area contributed by atoms with Crippen molar-refractivity contribution in [1.29, 1.82) is 0 Å². The van der Waals surface area contributed by atoms with Gasteiger partial charge >= 0.3 is 0 Å². The van der Waals surface area contributed by atoms with Gasteiger partial charge in [-0.15, -0.1) is 0 Å². The molecule has 3 rings (SSSR count). The number of benzene rings is 1. The lowest BCUT2D eigenvalue weighted by Crippen LogP contribution is -2.36. The number of phenolic OH excluding ortho intramolecular Hbond substituents is 1. The molecular formula is C16H20N2O4. The minimum absolute atomic E-state index is 0.0817. The Bertz CT molecular complexity index is 592. The Morgan fingerprint density at radius 3 is 2.86 bits per heavy atom. The highest BCUT2D eigenvalue weighted by Crippen LogP contribution is 2.36. The van der Waals surface area contributed by atoms with Gasteiger partial charge in [-0.05, 0) is 18.9 Å². The minimum atomic E-state index is -0.348. The highest BCUT2D eigenvalue weighted by atomic mass is 16.7. The predicted molar refractivity (Wildman–Crippen MR) is 81.2 cm³/mol. The maximum atomic E-state index is 11.3. The standard InChI is InChI=1S/C16H20N2O4/c1-21-13-6-8-18(9-7-13)10-12-3-2-11-4-5-14(19)17-22-16(11)15(12)20/h2-5,13,20H,6-10H2,1H3,(H,17,19). The number of carbonyl (C=O) groups is 1. The van der Waals surface area contributed by atoms with Gasteiger partial charge in [0.1, 0.15) is 0 Å². The largest absolute Gasteiger partial charge is 0.504 e. The molecule has 2 N–H and O–H groups in total. The van der Waals surface area contributed by atoms with Crippen LogP contribution >= 0.6 is 0 Å². The molecule has 0 aliphatic carbocycles. The second kappa shape index (κ2) is 6.37. The number of fused-ring (bicyclic) bond motifs is 1. The van der Waals surface area contributed by atoms with E-state index < -0.39 is 0 Å². The zero-order valence-corrected chi connectivity index (χ0v) is 12.5. The van der Waals surface area contributed by atoms with Gasteiger partial charge in [0.05, 0.1) is 6.10 Å². The fourth-order valence-corrected chi connectivity index (χ4v) is 2.84. The van der Waals surface area contributed by atoms with E-state index in [1.54, 1.807) is 13.2 Å². The Morgan fingerprint density at radius 1 is 1.36 bits per heavy atom. The molecule has 6 nitrogen and oxygen atoms in total. The van der Waals surface area contributed by atoms with Crippen LogP contribution in [0.25, 0.3) is 6.08 Å². The fraction of sp³-hybridized carbons (Fsp3) is 0.438. The summed E-state index contributed by atoms with van der Waals surface area (Å²) >= 11 is 0. The summed E-state index contributed by atoms with van der Waals surface area (Å²) in [7, 11) is 1.75. The molecule has 0 bridgehead atoms. The Hall–Kier alpha value is -2.05. The molecule has 22 heavy (non-hydrogen) atoms. The number of hydroxylamine groups is 1. The van der Waals surface area contributed by atoms with E-state index in [1.165, 1.54) is 6.08 Å². The van der Waals surface area contributed by atoms with Crippen molar-refractivity contribution in [3.8, 4) is 11.5 Å². The van der Waals surface area contributed by atoms with Crippen LogP contribution in [0.4, 0.5) is 0 Å². The van der Waals surface area contributed by atoms with E-state index >= 15 is 0 Å². The molecule has 2 aliphatic rings. The number of carbonyl (C=O) groups excluding carboxylic acids is 1. The van der Waals surface area contributed by atoms with E-state index in [1.807, 2.05) is 12.1 Å². The predicted octanol–water partition coefficient (Wildman–Crippen LogP) is 1.44. The summed E-state index contributed by atoms with van der Waals surface area (Å²) < 4.78 is 5.37. The van der Waals surface area contributed by atoms with Crippen LogP contribution in [0, 0.1) is 0 Å². The Morgan fingerprint density at radius 2 is 2.14 bits per heavy atom. The van der Waals surface area contributed by atoms with Gasteiger partial charge in [0.15, 0.2) is 5.75 Å². The topological polar surface area (TPSA) is 71.0 Å². The SMILES string of the molecule is COC1CCN(Cc2ccc3c(c2O)ONC(=O)C=C3)CC1. The van der Waals surface area contributed by atoms with E-state index in [9.17, 15) is 9.90 Å². The molecule has 2 aliphatic heterocycles. The van der Waals surface area contributed by atoms with Crippen LogP contribution in [0.15, 0.2) is 18.2 Å².